The third-order valence-electron chi connectivity index (χ3n) is 11.0. The minimum absolute atomic E-state index is 0.0347. The first kappa shape index (κ1) is 28.5. The number of hydrogen-bond donors (Lipinski definition) is 1. The molecule has 0 saturated heterocycles. The van der Waals surface area contributed by atoms with Gasteiger partial charge in [0.1, 0.15) is 6.01 Å². The van der Waals surface area contributed by atoms with Crippen LogP contribution in [0.1, 0.15) is 71.1 Å². The molecule has 4 aliphatic carbocycles. The average molecular weight is 586 g/mol. The van der Waals surface area contributed by atoms with Gasteiger partial charge in [-0.05, 0) is 90.8 Å². The Bertz CT molecular complexity index is 1410. The van der Waals surface area contributed by atoms with E-state index in [4.69, 9.17) is 4.74 Å². The molecule has 2 aromatic heterocycles. The van der Waals surface area contributed by atoms with Crippen LogP contribution in [-0.2, 0) is 20.7 Å². The van der Waals surface area contributed by atoms with Crippen LogP contribution in [0.25, 0.3) is 11.8 Å². The Morgan fingerprint density at radius 1 is 1.27 bits per heavy atom. The monoisotopic (exact) mass is 585 g/mol. The highest BCUT2D eigenvalue weighted by molar-refractivity contribution is 8.13. The summed E-state index contributed by atoms with van der Waals surface area (Å²) in [5.41, 5.74) is 1.34. The molecule has 2 unspecified atom stereocenters. The number of ether oxygens (including phenoxy) is 1. The minimum atomic E-state index is -1.48. The lowest BCUT2D eigenvalue weighted by atomic mass is 9.45. The van der Waals surface area contributed by atoms with Gasteiger partial charge >= 0.3 is 5.97 Å². The van der Waals surface area contributed by atoms with Crippen molar-refractivity contribution in [1.29, 1.82) is 0 Å². The number of pyridine rings is 1. The molecule has 2 heterocycles. The number of carbonyl (C=O) groups excluding carboxylic acids is 2. The van der Waals surface area contributed by atoms with E-state index < -0.39 is 40.2 Å². The Morgan fingerprint density at radius 2 is 2.05 bits per heavy atom. The highest BCUT2D eigenvalue weighted by Crippen LogP contribution is 2.70. The van der Waals surface area contributed by atoms with Crippen LogP contribution in [0.2, 0.25) is 0 Å². The largest absolute Gasteiger partial charge is 0.449 e. The lowest BCUT2D eigenvalue weighted by Crippen LogP contribution is -2.63. The van der Waals surface area contributed by atoms with Gasteiger partial charge < -0.3 is 9.84 Å². The molecule has 0 aliphatic heterocycles. The molecule has 0 amide bonds. The molecule has 10 heteroatoms. The summed E-state index contributed by atoms with van der Waals surface area (Å²) >= 11 is 0.571. The number of hydrogen-bond acceptors (Lipinski definition) is 7. The predicted molar refractivity (Wildman–Crippen MR) is 151 cm³/mol. The molecule has 2 aromatic rings. The number of halogens is 2. The van der Waals surface area contributed by atoms with Crippen molar-refractivity contribution in [2.75, 3.05) is 6.01 Å². The first-order valence-electron chi connectivity index (χ1n) is 14.5. The second-order valence-electron chi connectivity index (χ2n) is 12.8. The maximum absolute atomic E-state index is 13.6. The highest BCUT2D eigenvalue weighted by atomic mass is 32.2. The molecular weight excluding hydrogens is 548 g/mol. The van der Waals surface area contributed by atoms with Crippen molar-refractivity contribution in [2.24, 2.45) is 34.5 Å². The van der Waals surface area contributed by atoms with E-state index in [1.54, 1.807) is 17.7 Å². The first-order chi connectivity index (χ1) is 19.5. The second-order valence-corrected chi connectivity index (χ2v) is 13.7. The van der Waals surface area contributed by atoms with Gasteiger partial charge in [0, 0.05) is 17.8 Å². The fourth-order valence-corrected chi connectivity index (χ4v) is 10.1. The van der Waals surface area contributed by atoms with Gasteiger partial charge in [0.2, 0.25) is 11.1 Å². The predicted octanol–water partition coefficient (Wildman–Crippen LogP) is 5.68. The SMILES string of the molecule is CCC(=O)O[C@]1(C(=O)SCF)[C@H](C)CC2[C@@H]3CCC4=Cc5c(cnn5-c5ccc(F)nc5)C[C@]4(C)C3[C@@H](O)C[C@@]21C. The number of rotatable bonds is 5. The number of fused-ring (bicyclic) bond motifs is 6. The third-order valence-corrected chi connectivity index (χ3v) is 11.6. The smallest absolute Gasteiger partial charge is 0.306 e. The quantitative estimate of drug-likeness (QED) is 0.356. The molecule has 0 bridgehead atoms. The van der Waals surface area contributed by atoms with E-state index in [0.29, 0.717) is 36.7 Å². The zero-order valence-corrected chi connectivity index (χ0v) is 24.7. The standard InChI is InChI=1S/C31H37F2N3O4S/c1-5-26(38)40-31(28(39)41-16-32)17(2)10-22-21-8-6-19-11-23-18(14-35-36(23)20-7-9-25(33)34-15-20)12-29(19,3)27(21)24(37)13-30(22,31)4/h7,9,11,14-15,17,21-22,24,27,37H,5-6,8,10,12-13,16H2,1-4H3/t17-,21+,22?,24+,27?,29+,30+,31+/m1/s1. The Hall–Kier alpha value is -2.59. The van der Waals surface area contributed by atoms with Crippen molar-refractivity contribution in [3.63, 3.8) is 0 Å². The molecule has 3 fully saturated rings. The number of thioether (sulfide) groups is 1. The molecule has 0 aromatic carbocycles. The average Bonchev–Trinajstić information content (AvgIpc) is 3.43. The molecule has 6 rings (SSSR count). The van der Waals surface area contributed by atoms with E-state index >= 15 is 0 Å². The zero-order chi connectivity index (χ0) is 29.3. The summed E-state index contributed by atoms with van der Waals surface area (Å²) < 4.78 is 34.8. The lowest BCUT2D eigenvalue weighted by Gasteiger charge is -2.60. The van der Waals surface area contributed by atoms with Crippen molar-refractivity contribution >= 4 is 28.9 Å². The van der Waals surface area contributed by atoms with Gasteiger partial charge in [-0.1, -0.05) is 33.3 Å². The van der Waals surface area contributed by atoms with Crippen LogP contribution in [0, 0.1) is 40.4 Å². The van der Waals surface area contributed by atoms with E-state index in [1.165, 1.54) is 17.8 Å². The van der Waals surface area contributed by atoms with Crippen LogP contribution in [0.15, 0.2) is 30.1 Å². The summed E-state index contributed by atoms with van der Waals surface area (Å²) in [5, 5.41) is 16.1. The Balaban J connectivity index is 1.38. The molecule has 41 heavy (non-hydrogen) atoms. The first-order valence-corrected chi connectivity index (χ1v) is 15.5. The van der Waals surface area contributed by atoms with E-state index in [-0.39, 0.29) is 35.5 Å². The van der Waals surface area contributed by atoms with Gasteiger partial charge in [0.15, 0.2) is 5.60 Å². The fourth-order valence-electron chi connectivity index (χ4n) is 9.30. The molecule has 0 spiro atoms. The Kier molecular flexibility index (Phi) is 6.96. The molecular formula is C31H37F2N3O4S. The van der Waals surface area contributed by atoms with Crippen molar-refractivity contribution in [3.05, 3.63) is 47.3 Å². The van der Waals surface area contributed by atoms with Gasteiger partial charge in [-0.2, -0.15) is 9.49 Å². The van der Waals surface area contributed by atoms with Crippen molar-refractivity contribution < 1.29 is 28.2 Å². The third kappa shape index (κ3) is 3.99. The molecule has 3 saturated carbocycles. The summed E-state index contributed by atoms with van der Waals surface area (Å²) in [4.78, 5) is 30.1. The van der Waals surface area contributed by atoms with E-state index in [2.05, 4.69) is 23.1 Å². The summed E-state index contributed by atoms with van der Waals surface area (Å²) in [6.07, 6.45) is 8.22. The number of aliphatic hydroxyl groups is 1. The number of aliphatic hydroxyl groups excluding tert-OH is 1. The van der Waals surface area contributed by atoms with E-state index in [9.17, 15) is 23.5 Å². The van der Waals surface area contributed by atoms with E-state index in [0.717, 1.165) is 24.1 Å². The van der Waals surface area contributed by atoms with Gasteiger partial charge in [0.05, 0.1) is 29.9 Å². The Morgan fingerprint density at radius 3 is 2.73 bits per heavy atom. The number of alkyl halides is 1. The number of allylic oxidation sites excluding steroid dienone is 1. The Labute approximate surface area is 243 Å². The highest BCUT2D eigenvalue weighted by Gasteiger charge is 2.73. The van der Waals surface area contributed by atoms with Crippen LogP contribution in [-0.4, -0.2) is 48.7 Å². The van der Waals surface area contributed by atoms with Crippen molar-refractivity contribution in [1.82, 2.24) is 14.8 Å². The zero-order valence-electron chi connectivity index (χ0n) is 23.9. The topological polar surface area (TPSA) is 94.3 Å². The van der Waals surface area contributed by atoms with Crippen LogP contribution in [0.3, 0.4) is 0 Å². The molecule has 220 valence electrons. The van der Waals surface area contributed by atoms with Crippen LogP contribution in [0.4, 0.5) is 8.78 Å². The van der Waals surface area contributed by atoms with Crippen LogP contribution >= 0.6 is 11.8 Å². The molecule has 8 atom stereocenters. The number of nitrogens with zero attached hydrogens (tertiary/aromatic N) is 3. The van der Waals surface area contributed by atoms with Gasteiger partial charge in [-0.15, -0.1) is 0 Å². The summed E-state index contributed by atoms with van der Waals surface area (Å²) in [7, 11) is 0. The van der Waals surface area contributed by atoms with Crippen molar-refractivity contribution in [2.45, 2.75) is 77.9 Å². The van der Waals surface area contributed by atoms with Gasteiger partial charge in [0.25, 0.3) is 0 Å². The molecule has 0 radical (unpaired) electrons. The normalized spacial score (nSPS) is 37.3. The number of esters is 1. The maximum Gasteiger partial charge on any atom is 0.306 e. The molecule has 1 N–H and O–H groups in total. The van der Waals surface area contributed by atoms with E-state index in [1.807, 2.05) is 20.0 Å². The minimum Gasteiger partial charge on any atom is -0.449 e. The lowest BCUT2D eigenvalue weighted by molar-refractivity contribution is -0.201. The van der Waals surface area contributed by atoms with Crippen LogP contribution in [0.5, 0.6) is 0 Å². The summed E-state index contributed by atoms with van der Waals surface area (Å²) in [6, 6.07) is 2.09. The molecule has 7 nitrogen and oxygen atoms in total. The summed E-state index contributed by atoms with van der Waals surface area (Å²) in [6.45, 7) is 7.84. The molecule has 4 aliphatic rings. The van der Waals surface area contributed by atoms with Gasteiger partial charge in [-0.25, -0.2) is 14.1 Å². The number of aromatic nitrogens is 3. The van der Waals surface area contributed by atoms with Crippen LogP contribution < -0.4 is 0 Å². The summed E-state index contributed by atoms with van der Waals surface area (Å²) in [5.74, 6) is -1.23. The van der Waals surface area contributed by atoms with Gasteiger partial charge in [-0.3, -0.25) is 9.59 Å². The number of carbonyl (C=O) groups is 2. The van der Waals surface area contributed by atoms with Crippen molar-refractivity contribution in [3.8, 4) is 5.69 Å². The fraction of sp³-hybridized carbons (Fsp3) is 0.613. The second kappa shape index (κ2) is 10.0. The maximum atomic E-state index is 13.6.